The lowest BCUT2D eigenvalue weighted by Gasteiger charge is -2.35. The molecule has 138 valence electrons. The van der Waals surface area contributed by atoms with Crippen LogP contribution in [0.25, 0.3) is 11.4 Å². The van der Waals surface area contributed by atoms with Gasteiger partial charge in [-0.1, -0.05) is 5.16 Å². The largest absolute Gasteiger partial charge is 0.353 e. The summed E-state index contributed by atoms with van der Waals surface area (Å²) in [6.07, 6.45) is 5.00. The number of aryl methyl sites for hydroxylation is 1. The van der Waals surface area contributed by atoms with Crippen LogP contribution in [0, 0.1) is 6.92 Å². The van der Waals surface area contributed by atoms with E-state index < -0.39 is 0 Å². The monoisotopic (exact) mass is 428 g/mol. The summed E-state index contributed by atoms with van der Waals surface area (Å²) in [4.78, 5) is 29.4. The number of hydrogen-bond donors (Lipinski definition) is 0. The van der Waals surface area contributed by atoms with Gasteiger partial charge in [-0.25, -0.2) is 4.98 Å². The summed E-state index contributed by atoms with van der Waals surface area (Å²) in [5.74, 6) is 1.93. The Morgan fingerprint density at radius 2 is 1.96 bits per heavy atom. The summed E-state index contributed by atoms with van der Waals surface area (Å²) in [7, 11) is 0. The summed E-state index contributed by atoms with van der Waals surface area (Å²) in [6.45, 7) is 4.47. The number of rotatable bonds is 3. The minimum atomic E-state index is -0.000710. The normalized spacial score (nSPS) is 14.4. The summed E-state index contributed by atoms with van der Waals surface area (Å²) >= 11 is 3.35. The van der Waals surface area contributed by atoms with E-state index in [9.17, 15) is 4.79 Å². The van der Waals surface area contributed by atoms with E-state index in [1.54, 1.807) is 31.6 Å². The minimum Gasteiger partial charge on any atom is -0.353 e. The molecule has 0 N–H and O–H groups in total. The van der Waals surface area contributed by atoms with Gasteiger partial charge < -0.3 is 14.3 Å². The summed E-state index contributed by atoms with van der Waals surface area (Å²) in [6, 6.07) is 5.66. The van der Waals surface area contributed by atoms with Crippen LogP contribution in [-0.2, 0) is 0 Å². The van der Waals surface area contributed by atoms with E-state index in [4.69, 9.17) is 4.52 Å². The maximum atomic E-state index is 12.6. The summed E-state index contributed by atoms with van der Waals surface area (Å²) < 4.78 is 5.80. The average molecular weight is 429 g/mol. The molecule has 4 heterocycles. The van der Waals surface area contributed by atoms with Crippen LogP contribution in [0.3, 0.4) is 0 Å². The number of halogens is 1. The van der Waals surface area contributed by atoms with Crippen molar-refractivity contribution in [3.63, 3.8) is 0 Å². The van der Waals surface area contributed by atoms with E-state index in [-0.39, 0.29) is 5.91 Å². The van der Waals surface area contributed by atoms with Crippen LogP contribution in [0.5, 0.6) is 0 Å². The molecule has 1 fully saturated rings. The molecule has 1 saturated heterocycles. The Bertz CT molecular complexity index is 950. The third-order valence-corrected chi connectivity index (χ3v) is 4.81. The Morgan fingerprint density at radius 1 is 1.15 bits per heavy atom. The van der Waals surface area contributed by atoms with Crippen molar-refractivity contribution in [2.75, 3.05) is 31.1 Å². The minimum absolute atomic E-state index is 0.000710. The highest BCUT2D eigenvalue weighted by Gasteiger charge is 2.23. The van der Waals surface area contributed by atoms with Crippen molar-refractivity contribution in [2.24, 2.45) is 0 Å². The highest BCUT2D eigenvalue weighted by Crippen LogP contribution is 2.20. The standard InChI is InChI=1S/C18H17BrN6O2/c1-12-22-17(23-27-12)13-2-3-16(21-10-13)24-4-6-25(7-5-24)18(26)14-8-15(19)11-20-9-14/h2-3,8-11H,4-7H2,1H3. The van der Waals surface area contributed by atoms with Gasteiger partial charge in [0.15, 0.2) is 0 Å². The zero-order valence-corrected chi connectivity index (χ0v) is 16.3. The van der Waals surface area contributed by atoms with E-state index in [1.807, 2.05) is 17.0 Å². The second kappa shape index (κ2) is 7.43. The Kier molecular flexibility index (Phi) is 4.85. The smallest absolute Gasteiger partial charge is 0.255 e. The fraction of sp³-hybridized carbons (Fsp3) is 0.278. The number of pyridine rings is 2. The molecule has 0 bridgehead atoms. The molecule has 1 amide bonds. The Hall–Kier alpha value is -2.81. The molecular formula is C18H17BrN6O2. The van der Waals surface area contributed by atoms with Gasteiger partial charge in [0.25, 0.3) is 5.91 Å². The van der Waals surface area contributed by atoms with Gasteiger partial charge in [0.1, 0.15) is 5.82 Å². The molecule has 3 aromatic rings. The number of nitrogens with zero attached hydrogens (tertiary/aromatic N) is 6. The molecule has 0 saturated carbocycles. The van der Waals surface area contributed by atoms with E-state index in [1.165, 1.54) is 0 Å². The predicted octanol–water partition coefficient (Wildman–Crippen LogP) is 2.56. The van der Waals surface area contributed by atoms with Crippen LogP contribution in [0.1, 0.15) is 16.2 Å². The molecular weight excluding hydrogens is 412 g/mol. The average Bonchev–Trinajstić information content (AvgIpc) is 3.14. The van der Waals surface area contributed by atoms with Crippen molar-refractivity contribution in [1.29, 1.82) is 0 Å². The number of amides is 1. The predicted molar refractivity (Wildman–Crippen MR) is 102 cm³/mol. The summed E-state index contributed by atoms with van der Waals surface area (Å²) in [5, 5.41) is 3.90. The number of hydrogen-bond acceptors (Lipinski definition) is 7. The Labute approximate surface area is 164 Å². The molecule has 9 heteroatoms. The second-order valence-corrected chi connectivity index (χ2v) is 7.13. The number of carbonyl (C=O) groups is 1. The van der Waals surface area contributed by atoms with Crippen LogP contribution in [0.2, 0.25) is 0 Å². The SMILES string of the molecule is Cc1nc(-c2ccc(N3CCN(C(=O)c4cncc(Br)c4)CC3)nc2)no1. The first kappa shape index (κ1) is 17.6. The van der Waals surface area contributed by atoms with Gasteiger partial charge in [-0.15, -0.1) is 0 Å². The fourth-order valence-electron chi connectivity index (χ4n) is 2.97. The lowest BCUT2D eigenvalue weighted by molar-refractivity contribution is 0.0746. The molecule has 0 aliphatic carbocycles. The molecule has 0 unspecified atom stereocenters. The van der Waals surface area contributed by atoms with Crippen molar-refractivity contribution in [1.82, 2.24) is 25.0 Å². The summed E-state index contributed by atoms with van der Waals surface area (Å²) in [5.41, 5.74) is 1.40. The number of anilines is 1. The number of piperazine rings is 1. The highest BCUT2D eigenvalue weighted by molar-refractivity contribution is 9.10. The maximum absolute atomic E-state index is 12.6. The van der Waals surface area contributed by atoms with Gasteiger partial charge in [0.05, 0.1) is 5.56 Å². The zero-order valence-electron chi connectivity index (χ0n) is 14.7. The zero-order chi connectivity index (χ0) is 18.8. The highest BCUT2D eigenvalue weighted by atomic mass is 79.9. The van der Waals surface area contributed by atoms with E-state index in [0.29, 0.717) is 30.4 Å². The van der Waals surface area contributed by atoms with Crippen LogP contribution in [0.15, 0.2) is 45.8 Å². The van der Waals surface area contributed by atoms with Crippen LogP contribution in [-0.4, -0.2) is 57.1 Å². The first-order valence-electron chi connectivity index (χ1n) is 8.52. The maximum Gasteiger partial charge on any atom is 0.255 e. The lowest BCUT2D eigenvalue weighted by atomic mass is 10.2. The van der Waals surface area contributed by atoms with Crippen molar-refractivity contribution in [3.05, 3.63) is 52.7 Å². The van der Waals surface area contributed by atoms with Crippen molar-refractivity contribution >= 4 is 27.7 Å². The number of aromatic nitrogens is 4. The Morgan fingerprint density at radius 3 is 2.59 bits per heavy atom. The van der Waals surface area contributed by atoms with Crippen LogP contribution < -0.4 is 4.90 Å². The second-order valence-electron chi connectivity index (χ2n) is 6.21. The van der Waals surface area contributed by atoms with Gasteiger partial charge in [0.2, 0.25) is 11.7 Å². The molecule has 1 aliphatic rings. The topological polar surface area (TPSA) is 88.3 Å². The molecule has 4 rings (SSSR count). The molecule has 3 aromatic heterocycles. The molecule has 8 nitrogen and oxygen atoms in total. The van der Waals surface area contributed by atoms with E-state index >= 15 is 0 Å². The molecule has 0 radical (unpaired) electrons. The van der Waals surface area contributed by atoms with E-state index in [0.717, 1.165) is 28.9 Å². The molecule has 1 aliphatic heterocycles. The lowest BCUT2D eigenvalue weighted by Crippen LogP contribution is -2.49. The molecule has 27 heavy (non-hydrogen) atoms. The van der Waals surface area contributed by atoms with Gasteiger partial charge in [0, 0.05) is 61.7 Å². The van der Waals surface area contributed by atoms with Crippen molar-refractivity contribution < 1.29 is 9.32 Å². The molecule has 0 aromatic carbocycles. The Balaban J connectivity index is 1.39. The number of carbonyl (C=O) groups excluding carboxylic acids is 1. The molecule has 0 spiro atoms. The van der Waals surface area contributed by atoms with Crippen LogP contribution >= 0.6 is 15.9 Å². The third kappa shape index (κ3) is 3.82. The van der Waals surface area contributed by atoms with Crippen molar-refractivity contribution in [2.45, 2.75) is 6.92 Å². The first-order chi connectivity index (χ1) is 13.1. The van der Waals surface area contributed by atoms with Crippen LogP contribution in [0.4, 0.5) is 5.82 Å². The molecule has 0 atom stereocenters. The third-order valence-electron chi connectivity index (χ3n) is 4.38. The van der Waals surface area contributed by atoms with Crippen molar-refractivity contribution in [3.8, 4) is 11.4 Å². The van der Waals surface area contributed by atoms with Gasteiger partial charge >= 0.3 is 0 Å². The fourth-order valence-corrected chi connectivity index (χ4v) is 3.34. The quantitative estimate of drug-likeness (QED) is 0.632. The van der Waals surface area contributed by atoms with Gasteiger partial charge in [-0.05, 0) is 34.1 Å². The first-order valence-corrected chi connectivity index (χ1v) is 9.31. The van der Waals surface area contributed by atoms with E-state index in [2.05, 4.69) is 40.9 Å². The van der Waals surface area contributed by atoms with Gasteiger partial charge in [-0.2, -0.15) is 4.98 Å². The van der Waals surface area contributed by atoms with Gasteiger partial charge in [-0.3, -0.25) is 9.78 Å².